The van der Waals surface area contributed by atoms with Gasteiger partial charge in [-0.15, -0.1) is 0 Å². The van der Waals surface area contributed by atoms with Gasteiger partial charge in [-0.25, -0.2) is 0 Å². The van der Waals surface area contributed by atoms with Crippen molar-refractivity contribution in [3.05, 3.63) is 28.2 Å². The first kappa shape index (κ1) is 14.3. The van der Waals surface area contributed by atoms with Crippen LogP contribution >= 0.6 is 15.9 Å². The number of piperidine rings is 1. The van der Waals surface area contributed by atoms with Crippen LogP contribution in [0.5, 0.6) is 0 Å². The number of carbonyl (C=O) groups excluding carboxylic acids is 1. The monoisotopic (exact) mass is 325 g/mol. The van der Waals surface area contributed by atoms with E-state index in [0.717, 1.165) is 30.4 Å². The highest BCUT2D eigenvalue weighted by Crippen LogP contribution is 2.22. The van der Waals surface area contributed by atoms with Gasteiger partial charge in [0.1, 0.15) is 0 Å². The minimum absolute atomic E-state index is 0.0412. The number of benzene rings is 1. The van der Waals surface area contributed by atoms with Crippen molar-refractivity contribution in [1.29, 1.82) is 0 Å². The number of amides is 1. The van der Waals surface area contributed by atoms with Gasteiger partial charge >= 0.3 is 0 Å². The van der Waals surface area contributed by atoms with Crippen molar-refractivity contribution in [1.82, 2.24) is 9.80 Å². The first-order valence-electron chi connectivity index (χ1n) is 6.50. The number of nitrogens with two attached hydrogens (primary N) is 1. The van der Waals surface area contributed by atoms with Gasteiger partial charge in [-0.05, 0) is 60.6 Å². The minimum Gasteiger partial charge on any atom is -0.398 e. The number of halogens is 1. The Balaban J connectivity index is 2.11. The number of nitrogens with zero attached hydrogens (tertiary/aromatic N) is 2. The van der Waals surface area contributed by atoms with Gasteiger partial charge in [0.2, 0.25) is 0 Å². The number of hydrogen-bond acceptors (Lipinski definition) is 3. The van der Waals surface area contributed by atoms with Crippen molar-refractivity contribution >= 4 is 27.5 Å². The van der Waals surface area contributed by atoms with Crippen molar-refractivity contribution in [3.8, 4) is 0 Å². The molecule has 1 aromatic rings. The van der Waals surface area contributed by atoms with E-state index in [0.29, 0.717) is 11.3 Å². The van der Waals surface area contributed by atoms with E-state index in [1.54, 1.807) is 6.07 Å². The second-order valence-electron chi connectivity index (χ2n) is 5.21. The third-order valence-corrected chi connectivity index (χ3v) is 4.43. The van der Waals surface area contributed by atoms with E-state index < -0.39 is 0 Å². The van der Waals surface area contributed by atoms with Crippen LogP contribution in [0.1, 0.15) is 23.2 Å². The normalized spacial score (nSPS) is 20.3. The third kappa shape index (κ3) is 3.28. The molecule has 1 saturated heterocycles. The minimum atomic E-state index is 0.0412. The largest absolute Gasteiger partial charge is 0.398 e. The molecular weight excluding hydrogens is 306 g/mol. The molecule has 0 saturated carbocycles. The van der Waals surface area contributed by atoms with Gasteiger partial charge in [0.15, 0.2) is 0 Å². The third-order valence-electron chi connectivity index (χ3n) is 3.71. The first-order valence-corrected chi connectivity index (χ1v) is 7.29. The second-order valence-corrected chi connectivity index (χ2v) is 6.06. The average molecular weight is 326 g/mol. The highest BCUT2D eigenvalue weighted by molar-refractivity contribution is 9.10. The van der Waals surface area contributed by atoms with E-state index in [1.165, 1.54) is 0 Å². The molecule has 2 N–H and O–H groups in total. The Morgan fingerprint density at radius 1 is 1.53 bits per heavy atom. The zero-order chi connectivity index (χ0) is 14.0. The number of likely N-dealkylation sites (tertiary alicyclic amines) is 1. The van der Waals surface area contributed by atoms with Crippen molar-refractivity contribution in [2.24, 2.45) is 0 Å². The molecule has 1 aliphatic heterocycles. The van der Waals surface area contributed by atoms with E-state index in [1.807, 2.05) is 24.1 Å². The van der Waals surface area contributed by atoms with Crippen LogP contribution in [0, 0.1) is 0 Å². The van der Waals surface area contributed by atoms with E-state index in [4.69, 9.17) is 5.73 Å². The molecule has 19 heavy (non-hydrogen) atoms. The van der Waals surface area contributed by atoms with E-state index in [9.17, 15) is 4.79 Å². The van der Waals surface area contributed by atoms with Crippen LogP contribution in [0.3, 0.4) is 0 Å². The number of likely N-dealkylation sites (N-methyl/N-ethyl adjacent to an activating group) is 2. The summed E-state index contributed by atoms with van der Waals surface area (Å²) in [5, 5.41) is 0. The van der Waals surface area contributed by atoms with Gasteiger partial charge in [-0.1, -0.05) is 0 Å². The predicted octanol–water partition coefficient (Wildman–Crippen LogP) is 2.20. The summed E-state index contributed by atoms with van der Waals surface area (Å²) < 4.78 is 0.823. The van der Waals surface area contributed by atoms with Crippen LogP contribution in [0.25, 0.3) is 0 Å². The maximum atomic E-state index is 12.5. The van der Waals surface area contributed by atoms with Gasteiger partial charge in [0, 0.05) is 35.4 Å². The Bertz CT molecular complexity index is 478. The van der Waals surface area contributed by atoms with Crippen molar-refractivity contribution in [3.63, 3.8) is 0 Å². The van der Waals surface area contributed by atoms with Crippen LogP contribution in [-0.4, -0.2) is 48.9 Å². The lowest BCUT2D eigenvalue weighted by Crippen LogP contribution is -2.47. The summed E-state index contributed by atoms with van der Waals surface area (Å²) in [6.07, 6.45) is 2.21. The van der Waals surface area contributed by atoms with E-state index in [2.05, 4.69) is 27.9 Å². The Labute approximate surface area is 122 Å². The molecule has 4 nitrogen and oxygen atoms in total. The number of rotatable bonds is 2. The maximum absolute atomic E-state index is 12.5. The van der Waals surface area contributed by atoms with Crippen molar-refractivity contribution in [2.75, 3.05) is 32.9 Å². The SMILES string of the molecule is CN1CCCC(N(C)C(=O)c2ccc(Br)c(N)c2)C1. The lowest BCUT2D eigenvalue weighted by atomic mass is 10.0. The molecule has 1 amide bonds. The summed E-state index contributed by atoms with van der Waals surface area (Å²) in [4.78, 5) is 16.6. The summed E-state index contributed by atoms with van der Waals surface area (Å²) in [6, 6.07) is 5.65. The molecule has 0 bridgehead atoms. The van der Waals surface area contributed by atoms with Crippen LogP contribution in [0.15, 0.2) is 22.7 Å². The fourth-order valence-electron chi connectivity index (χ4n) is 2.50. The summed E-state index contributed by atoms with van der Waals surface area (Å²) in [5.41, 5.74) is 7.08. The fourth-order valence-corrected chi connectivity index (χ4v) is 2.75. The van der Waals surface area contributed by atoms with Crippen molar-refractivity contribution in [2.45, 2.75) is 18.9 Å². The predicted molar refractivity (Wildman–Crippen MR) is 81.2 cm³/mol. The number of nitrogen functional groups attached to an aromatic ring is 1. The molecule has 1 fully saturated rings. The zero-order valence-corrected chi connectivity index (χ0v) is 13.0. The molecule has 1 unspecified atom stereocenters. The molecule has 1 aromatic carbocycles. The number of anilines is 1. The standard InChI is InChI=1S/C14H20BrN3O/c1-17-7-3-4-11(9-17)18(2)14(19)10-5-6-12(15)13(16)8-10/h5-6,8,11H,3-4,7,9,16H2,1-2H3. The molecule has 0 radical (unpaired) electrons. The summed E-state index contributed by atoms with van der Waals surface area (Å²) in [6.45, 7) is 2.05. The summed E-state index contributed by atoms with van der Waals surface area (Å²) >= 11 is 3.34. The summed E-state index contributed by atoms with van der Waals surface area (Å²) in [5.74, 6) is 0.0412. The smallest absolute Gasteiger partial charge is 0.253 e. The Hall–Kier alpha value is -1.07. The number of carbonyl (C=O) groups is 1. The van der Waals surface area contributed by atoms with Crippen LogP contribution in [0.4, 0.5) is 5.69 Å². The molecule has 0 aliphatic carbocycles. The topological polar surface area (TPSA) is 49.6 Å². The van der Waals surface area contributed by atoms with Gasteiger partial charge in [0.05, 0.1) is 0 Å². The van der Waals surface area contributed by atoms with Crippen LogP contribution in [-0.2, 0) is 0 Å². The molecule has 5 heteroatoms. The first-order chi connectivity index (χ1) is 8.99. The molecule has 2 rings (SSSR count). The molecule has 1 aliphatic rings. The Kier molecular flexibility index (Phi) is 4.47. The second kappa shape index (κ2) is 5.92. The average Bonchev–Trinajstić information content (AvgIpc) is 2.40. The molecule has 0 aromatic heterocycles. The lowest BCUT2D eigenvalue weighted by Gasteiger charge is -2.35. The maximum Gasteiger partial charge on any atom is 0.253 e. The Morgan fingerprint density at radius 3 is 2.89 bits per heavy atom. The summed E-state index contributed by atoms with van der Waals surface area (Å²) in [7, 11) is 3.98. The van der Waals surface area contributed by atoms with Gasteiger partial charge in [-0.3, -0.25) is 4.79 Å². The quantitative estimate of drug-likeness (QED) is 0.848. The molecule has 1 atom stereocenters. The zero-order valence-electron chi connectivity index (χ0n) is 11.4. The molecule has 104 valence electrons. The highest BCUT2D eigenvalue weighted by atomic mass is 79.9. The van der Waals surface area contributed by atoms with Gasteiger partial charge in [0.25, 0.3) is 5.91 Å². The highest BCUT2D eigenvalue weighted by Gasteiger charge is 2.25. The molecule has 1 heterocycles. The van der Waals surface area contributed by atoms with Crippen molar-refractivity contribution < 1.29 is 4.79 Å². The van der Waals surface area contributed by atoms with E-state index in [-0.39, 0.29) is 11.9 Å². The van der Waals surface area contributed by atoms with Gasteiger partial charge in [-0.2, -0.15) is 0 Å². The Morgan fingerprint density at radius 2 is 2.26 bits per heavy atom. The fraction of sp³-hybridized carbons (Fsp3) is 0.500. The molecular formula is C14H20BrN3O. The van der Waals surface area contributed by atoms with Crippen LogP contribution in [0.2, 0.25) is 0 Å². The lowest BCUT2D eigenvalue weighted by molar-refractivity contribution is 0.0644. The number of hydrogen-bond donors (Lipinski definition) is 1. The van der Waals surface area contributed by atoms with Crippen LogP contribution < -0.4 is 5.73 Å². The molecule has 0 spiro atoms. The van der Waals surface area contributed by atoms with Gasteiger partial charge < -0.3 is 15.5 Å². The van der Waals surface area contributed by atoms with E-state index >= 15 is 0 Å².